The minimum absolute atomic E-state index is 0.951. The Balaban J connectivity index is 2.37. The van der Waals surface area contributed by atoms with E-state index >= 15 is 0 Å². The molecule has 2 rings (SSSR count). The predicted molar refractivity (Wildman–Crippen MR) is 55.7 cm³/mol. The van der Waals surface area contributed by atoms with Crippen LogP contribution in [-0.2, 0) is 6.54 Å². The SMILES string of the molecule is CCCn1cnnc1-c1ccccc1. The third-order valence-corrected chi connectivity index (χ3v) is 2.11. The van der Waals surface area contributed by atoms with E-state index in [1.54, 1.807) is 6.33 Å². The highest BCUT2D eigenvalue weighted by Gasteiger charge is 2.04. The second kappa shape index (κ2) is 4.05. The van der Waals surface area contributed by atoms with Crippen molar-refractivity contribution in [2.24, 2.45) is 0 Å². The summed E-state index contributed by atoms with van der Waals surface area (Å²) in [5, 5.41) is 8.05. The van der Waals surface area contributed by atoms with Gasteiger partial charge in [0.25, 0.3) is 0 Å². The van der Waals surface area contributed by atoms with E-state index in [1.807, 2.05) is 18.2 Å². The largest absolute Gasteiger partial charge is 0.314 e. The third kappa shape index (κ3) is 1.66. The molecule has 0 saturated carbocycles. The van der Waals surface area contributed by atoms with Crippen molar-refractivity contribution in [3.63, 3.8) is 0 Å². The molecule has 0 unspecified atom stereocenters. The minimum atomic E-state index is 0.951. The van der Waals surface area contributed by atoms with Gasteiger partial charge in [0, 0.05) is 12.1 Å². The molecule has 0 saturated heterocycles. The van der Waals surface area contributed by atoms with Gasteiger partial charge in [-0.2, -0.15) is 0 Å². The molecule has 3 nitrogen and oxygen atoms in total. The first kappa shape index (κ1) is 8.94. The maximum absolute atomic E-state index is 4.12. The van der Waals surface area contributed by atoms with Crippen LogP contribution in [-0.4, -0.2) is 14.8 Å². The zero-order valence-electron chi connectivity index (χ0n) is 8.22. The van der Waals surface area contributed by atoms with E-state index in [2.05, 4.69) is 33.8 Å². The van der Waals surface area contributed by atoms with Crippen molar-refractivity contribution in [2.45, 2.75) is 19.9 Å². The van der Waals surface area contributed by atoms with Crippen molar-refractivity contribution >= 4 is 0 Å². The van der Waals surface area contributed by atoms with Crippen LogP contribution in [0.5, 0.6) is 0 Å². The van der Waals surface area contributed by atoms with Crippen molar-refractivity contribution in [1.82, 2.24) is 14.8 Å². The third-order valence-electron chi connectivity index (χ3n) is 2.11. The van der Waals surface area contributed by atoms with Crippen LogP contribution in [0.1, 0.15) is 13.3 Å². The Kier molecular flexibility index (Phi) is 2.58. The molecule has 0 radical (unpaired) electrons. The molecule has 0 aliphatic rings. The monoisotopic (exact) mass is 187 g/mol. The highest BCUT2D eigenvalue weighted by Crippen LogP contribution is 2.15. The molecule has 1 aromatic heterocycles. The molecule has 1 heterocycles. The standard InChI is InChI=1S/C11H13N3/c1-2-8-14-9-12-13-11(14)10-6-4-3-5-7-10/h3-7,9H,2,8H2,1H3. The first-order chi connectivity index (χ1) is 6.92. The maximum atomic E-state index is 4.12. The summed E-state index contributed by atoms with van der Waals surface area (Å²) in [5.74, 6) is 0.951. The van der Waals surface area contributed by atoms with Crippen molar-refractivity contribution in [3.05, 3.63) is 36.7 Å². The van der Waals surface area contributed by atoms with E-state index in [-0.39, 0.29) is 0 Å². The number of hydrogen-bond acceptors (Lipinski definition) is 2. The molecule has 0 amide bonds. The van der Waals surface area contributed by atoms with Crippen LogP contribution in [0.4, 0.5) is 0 Å². The van der Waals surface area contributed by atoms with E-state index in [1.165, 1.54) is 0 Å². The fourth-order valence-corrected chi connectivity index (χ4v) is 1.47. The van der Waals surface area contributed by atoms with Crippen molar-refractivity contribution in [2.75, 3.05) is 0 Å². The lowest BCUT2D eigenvalue weighted by molar-refractivity contribution is 0.683. The fourth-order valence-electron chi connectivity index (χ4n) is 1.47. The Morgan fingerprint density at radius 1 is 1.21 bits per heavy atom. The normalized spacial score (nSPS) is 10.4. The summed E-state index contributed by atoms with van der Waals surface area (Å²) in [4.78, 5) is 0. The fraction of sp³-hybridized carbons (Fsp3) is 0.273. The van der Waals surface area contributed by atoms with Gasteiger partial charge in [0.1, 0.15) is 6.33 Å². The van der Waals surface area contributed by atoms with Gasteiger partial charge < -0.3 is 4.57 Å². The van der Waals surface area contributed by atoms with Crippen LogP contribution in [0.15, 0.2) is 36.7 Å². The maximum Gasteiger partial charge on any atom is 0.163 e. The number of aromatic nitrogens is 3. The van der Waals surface area contributed by atoms with Gasteiger partial charge in [-0.15, -0.1) is 10.2 Å². The smallest absolute Gasteiger partial charge is 0.163 e. The van der Waals surface area contributed by atoms with Gasteiger partial charge in [-0.3, -0.25) is 0 Å². The Hall–Kier alpha value is -1.64. The van der Waals surface area contributed by atoms with Gasteiger partial charge in [0.05, 0.1) is 0 Å². The highest BCUT2D eigenvalue weighted by molar-refractivity contribution is 5.54. The second-order valence-electron chi connectivity index (χ2n) is 3.21. The molecule has 72 valence electrons. The summed E-state index contributed by atoms with van der Waals surface area (Å²) >= 11 is 0. The van der Waals surface area contributed by atoms with Crippen molar-refractivity contribution in [3.8, 4) is 11.4 Å². The summed E-state index contributed by atoms with van der Waals surface area (Å²) < 4.78 is 2.08. The molecule has 0 atom stereocenters. The number of aryl methyl sites for hydroxylation is 1. The van der Waals surface area contributed by atoms with Crippen molar-refractivity contribution in [1.29, 1.82) is 0 Å². The van der Waals surface area contributed by atoms with Crippen LogP contribution in [0, 0.1) is 0 Å². The Morgan fingerprint density at radius 2 is 2.00 bits per heavy atom. The van der Waals surface area contributed by atoms with E-state index in [0.717, 1.165) is 24.4 Å². The number of nitrogens with zero attached hydrogens (tertiary/aromatic N) is 3. The molecule has 0 fully saturated rings. The summed E-state index contributed by atoms with van der Waals surface area (Å²) in [7, 11) is 0. The average Bonchev–Trinajstić information content (AvgIpc) is 2.68. The average molecular weight is 187 g/mol. The highest BCUT2D eigenvalue weighted by atomic mass is 15.3. The topological polar surface area (TPSA) is 30.7 Å². The molecule has 0 aliphatic carbocycles. The summed E-state index contributed by atoms with van der Waals surface area (Å²) in [6, 6.07) is 10.1. The van der Waals surface area contributed by atoms with Crippen LogP contribution in [0.3, 0.4) is 0 Å². The molecule has 14 heavy (non-hydrogen) atoms. The molecule has 2 aromatic rings. The summed E-state index contributed by atoms with van der Waals surface area (Å²) in [6.45, 7) is 3.12. The number of rotatable bonds is 3. The van der Waals surface area contributed by atoms with Crippen molar-refractivity contribution < 1.29 is 0 Å². The van der Waals surface area contributed by atoms with E-state index in [9.17, 15) is 0 Å². The first-order valence-electron chi connectivity index (χ1n) is 4.85. The lowest BCUT2D eigenvalue weighted by atomic mass is 10.2. The van der Waals surface area contributed by atoms with Gasteiger partial charge in [-0.25, -0.2) is 0 Å². The Labute approximate surface area is 83.4 Å². The first-order valence-corrected chi connectivity index (χ1v) is 4.85. The van der Waals surface area contributed by atoms with Crippen LogP contribution < -0.4 is 0 Å². The van der Waals surface area contributed by atoms with E-state index < -0.39 is 0 Å². The van der Waals surface area contributed by atoms with Gasteiger partial charge >= 0.3 is 0 Å². The molecule has 1 aromatic carbocycles. The summed E-state index contributed by atoms with van der Waals surface area (Å²) in [5.41, 5.74) is 1.12. The lowest BCUT2D eigenvalue weighted by Crippen LogP contribution is -1.97. The molecular formula is C11H13N3. The minimum Gasteiger partial charge on any atom is -0.314 e. The van der Waals surface area contributed by atoms with Crippen LogP contribution in [0.2, 0.25) is 0 Å². The lowest BCUT2D eigenvalue weighted by Gasteiger charge is -2.03. The zero-order chi connectivity index (χ0) is 9.80. The van der Waals surface area contributed by atoms with Crippen LogP contribution in [0.25, 0.3) is 11.4 Å². The molecule has 0 spiro atoms. The van der Waals surface area contributed by atoms with Gasteiger partial charge in [0.2, 0.25) is 0 Å². The predicted octanol–water partition coefficient (Wildman–Crippen LogP) is 2.36. The molecule has 0 N–H and O–H groups in total. The van der Waals surface area contributed by atoms with Gasteiger partial charge in [0.15, 0.2) is 5.82 Å². The summed E-state index contributed by atoms with van der Waals surface area (Å²) in [6.07, 6.45) is 2.88. The quantitative estimate of drug-likeness (QED) is 0.738. The molecule has 3 heteroatoms. The Bertz CT molecular complexity index is 392. The Morgan fingerprint density at radius 3 is 2.71 bits per heavy atom. The van der Waals surface area contributed by atoms with E-state index in [4.69, 9.17) is 0 Å². The second-order valence-corrected chi connectivity index (χ2v) is 3.21. The molecule has 0 aliphatic heterocycles. The molecule has 0 bridgehead atoms. The number of hydrogen-bond donors (Lipinski definition) is 0. The number of benzene rings is 1. The van der Waals surface area contributed by atoms with Crippen LogP contribution >= 0.6 is 0 Å². The van der Waals surface area contributed by atoms with Gasteiger partial charge in [-0.05, 0) is 6.42 Å². The zero-order valence-corrected chi connectivity index (χ0v) is 8.22. The van der Waals surface area contributed by atoms with E-state index in [0.29, 0.717) is 0 Å². The molecular weight excluding hydrogens is 174 g/mol. The van der Waals surface area contributed by atoms with Gasteiger partial charge in [-0.1, -0.05) is 37.3 Å².